The monoisotopic (exact) mass is 163 g/mol. The molecule has 0 amide bonds. The van der Waals surface area contributed by atoms with Crippen molar-refractivity contribution in [3.63, 3.8) is 0 Å². The van der Waals surface area contributed by atoms with Crippen LogP contribution in [0.4, 0.5) is 0 Å². The average molecular weight is 164 g/mol. The van der Waals surface area contributed by atoms with Gasteiger partial charge in [-0.1, -0.05) is 0 Å². The zero-order valence-corrected chi connectivity index (χ0v) is 5.68. The molecule has 0 fully saturated rings. The molecule has 0 radical (unpaired) electrons. The summed E-state index contributed by atoms with van der Waals surface area (Å²) in [7, 11) is 0. The molecule has 1 aromatic heterocycles. The maximum Gasteiger partial charge on any atom is 0.250 e. The first kappa shape index (κ1) is 8.84. The van der Waals surface area contributed by atoms with Gasteiger partial charge in [0.25, 0.3) is 5.56 Å². The number of hydrogen-bond donors (Lipinski definition) is 3. The molecule has 0 aliphatic heterocycles. The van der Waals surface area contributed by atoms with Crippen molar-refractivity contribution in [3.05, 3.63) is 22.5 Å². The maximum atomic E-state index is 10.3. The number of aromatic amines is 1. The third kappa shape index (κ3) is 1.66. The molecule has 4 nitrogen and oxygen atoms in total. The van der Waals surface area contributed by atoms with Crippen molar-refractivity contribution in [2.24, 2.45) is 0 Å². The van der Waals surface area contributed by atoms with Crippen LogP contribution in [0.15, 0.2) is 16.9 Å². The van der Waals surface area contributed by atoms with E-state index in [1.807, 2.05) is 4.98 Å². The Morgan fingerprint density at radius 1 is 1.30 bits per heavy atom. The molecule has 0 atom stereocenters. The third-order valence-electron chi connectivity index (χ3n) is 0.877. The summed E-state index contributed by atoms with van der Waals surface area (Å²) >= 11 is 0. The molecule has 0 spiro atoms. The van der Waals surface area contributed by atoms with Gasteiger partial charge in [0, 0.05) is 6.07 Å². The lowest BCUT2D eigenvalue weighted by molar-refractivity contribution is 0.387. The number of pyridine rings is 1. The highest BCUT2D eigenvalue weighted by Gasteiger charge is 1.94. The Bertz CT molecular complexity index is 270. The van der Waals surface area contributed by atoms with Gasteiger partial charge in [0.15, 0.2) is 5.75 Å². The molecule has 3 N–H and O–H groups in total. The quantitative estimate of drug-likeness (QED) is 0.512. The van der Waals surface area contributed by atoms with Crippen LogP contribution in [0.1, 0.15) is 0 Å². The van der Waals surface area contributed by atoms with E-state index in [0.29, 0.717) is 0 Å². The summed E-state index contributed by atoms with van der Waals surface area (Å²) in [5.74, 6) is -0.822. The van der Waals surface area contributed by atoms with E-state index >= 15 is 0 Å². The number of nitrogens with one attached hydrogen (secondary N) is 1. The molecule has 56 valence electrons. The zero-order chi connectivity index (χ0) is 6.85. The SMILES string of the molecule is Cl.O=c1ccc(O)c(O)[nH]1. The van der Waals surface area contributed by atoms with Crippen LogP contribution < -0.4 is 5.56 Å². The molecule has 0 saturated carbocycles. The smallest absolute Gasteiger partial charge is 0.250 e. The second-order valence-corrected chi connectivity index (χ2v) is 1.56. The Balaban J connectivity index is 0.000000810. The fourth-order valence-electron chi connectivity index (χ4n) is 0.456. The molecule has 0 bridgehead atoms. The summed E-state index contributed by atoms with van der Waals surface area (Å²) in [6.07, 6.45) is 0. The van der Waals surface area contributed by atoms with E-state index in [1.54, 1.807) is 0 Å². The summed E-state index contributed by atoms with van der Waals surface area (Å²) in [5, 5.41) is 17.2. The van der Waals surface area contributed by atoms with E-state index in [4.69, 9.17) is 10.2 Å². The summed E-state index contributed by atoms with van der Waals surface area (Å²) in [5.41, 5.74) is -0.440. The first-order valence-electron chi connectivity index (χ1n) is 2.31. The average Bonchev–Trinajstić information content (AvgIpc) is 1.80. The molecule has 0 aliphatic carbocycles. The van der Waals surface area contributed by atoms with Crippen LogP contribution in [-0.2, 0) is 0 Å². The van der Waals surface area contributed by atoms with Crippen molar-refractivity contribution in [2.45, 2.75) is 0 Å². The zero-order valence-electron chi connectivity index (χ0n) is 4.87. The predicted molar refractivity (Wildman–Crippen MR) is 37.6 cm³/mol. The Labute approximate surface area is 62.6 Å². The van der Waals surface area contributed by atoms with E-state index in [-0.39, 0.29) is 18.2 Å². The third-order valence-corrected chi connectivity index (χ3v) is 0.877. The molecular weight excluding hydrogens is 158 g/mol. The minimum Gasteiger partial charge on any atom is -0.503 e. The first-order chi connectivity index (χ1) is 4.20. The fraction of sp³-hybridized carbons (Fsp3) is 0. The number of hydrogen-bond acceptors (Lipinski definition) is 3. The van der Waals surface area contributed by atoms with Gasteiger partial charge in [-0.25, -0.2) is 0 Å². The molecule has 1 heterocycles. The maximum absolute atomic E-state index is 10.3. The van der Waals surface area contributed by atoms with Gasteiger partial charge in [-0.2, -0.15) is 0 Å². The van der Waals surface area contributed by atoms with Crippen molar-refractivity contribution < 1.29 is 10.2 Å². The largest absolute Gasteiger partial charge is 0.503 e. The van der Waals surface area contributed by atoms with Crippen molar-refractivity contribution in [2.75, 3.05) is 0 Å². The Morgan fingerprint density at radius 3 is 2.30 bits per heavy atom. The van der Waals surface area contributed by atoms with Gasteiger partial charge in [0.2, 0.25) is 5.88 Å². The summed E-state index contributed by atoms with van der Waals surface area (Å²) in [6, 6.07) is 2.24. The highest BCUT2D eigenvalue weighted by atomic mass is 35.5. The normalized spacial score (nSPS) is 8.40. The topological polar surface area (TPSA) is 73.3 Å². The van der Waals surface area contributed by atoms with Gasteiger partial charge in [0.1, 0.15) is 0 Å². The molecule has 0 unspecified atom stereocenters. The summed E-state index contributed by atoms with van der Waals surface area (Å²) < 4.78 is 0. The molecule has 0 aliphatic rings. The van der Waals surface area contributed by atoms with Crippen molar-refractivity contribution in [3.8, 4) is 11.6 Å². The Morgan fingerprint density at radius 2 is 1.90 bits per heavy atom. The number of H-pyrrole nitrogens is 1. The van der Waals surface area contributed by atoms with Crippen LogP contribution in [0.25, 0.3) is 0 Å². The lowest BCUT2D eigenvalue weighted by Gasteiger charge is -1.91. The van der Waals surface area contributed by atoms with Crippen LogP contribution in [0.3, 0.4) is 0 Å². The van der Waals surface area contributed by atoms with Crippen LogP contribution in [0.2, 0.25) is 0 Å². The second-order valence-electron chi connectivity index (χ2n) is 1.56. The van der Waals surface area contributed by atoms with Gasteiger partial charge in [-0.05, 0) is 6.07 Å². The number of rotatable bonds is 0. The van der Waals surface area contributed by atoms with E-state index < -0.39 is 11.4 Å². The van der Waals surface area contributed by atoms with Crippen LogP contribution >= 0.6 is 12.4 Å². The summed E-state index contributed by atoms with van der Waals surface area (Å²) in [6.45, 7) is 0. The van der Waals surface area contributed by atoms with Gasteiger partial charge in [-0.15, -0.1) is 12.4 Å². The van der Waals surface area contributed by atoms with E-state index in [2.05, 4.69) is 0 Å². The fourth-order valence-corrected chi connectivity index (χ4v) is 0.456. The van der Waals surface area contributed by atoms with E-state index in [0.717, 1.165) is 12.1 Å². The molecule has 0 aromatic carbocycles. The Kier molecular flexibility index (Phi) is 2.76. The van der Waals surface area contributed by atoms with Crippen LogP contribution in [0, 0.1) is 0 Å². The first-order valence-corrected chi connectivity index (χ1v) is 2.31. The lowest BCUT2D eigenvalue weighted by atomic mass is 10.4. The van der Waals surface area contributed by atoms with Crippen molar-refractivity contribution >= 4 is 12.4 Å². The highest BCUT2D eigenvalue weighted by molar-refractivity contribution is 5.85. The van der Waals surface area contributed by atoms with E-state index in [1.165, 1.54) is 0 Å². The molecule has 1 rings (SSSR count). The van der Waals surface area contributed by atoms with Gasteiger partial charge in [-0.3, -0.25) is 9.78 Å². The van der Waals surface area contributed by atoms with E-state index in [9.17, 15) is 4.79 Å². The molecule has 10 heavy (non-hydrogen) atoms. The van der Waals surface area contributed by atoms with Crippen molar-refractivity contribution in [1.82, 2.24) is 4.98 Å². The minimum atomic E-state index is -0.498. The second kappa shape index (κ2) is 3.12. The predicted octanol–water partition coefficient (Wildman–Crippen LogP) is 0.208. The molecule has 1 aromatic rings. The van der Waals surface area contributed by atoms with Crippen molar-refractivity contribution in [1.29, 1.82) is 0 Å². The van der Waals surface area contributed by atoms with Gasteiger partial charge < -0.3 is 10.2 Å². The lowest BCUT2D eigenvalue weighted by Crippen LogP contribution is -2.00. The molecule has 0 saturated heterocycles. The number of aromatic nitrogens is 1. The molecule has 5 heteroatoms. The summed E-state index contributed by atoms with van der Waals surface area (Å²) in [4.78, 5) is 12.3. The number of aromatic hydroxyl groups is 2. The van der Waals surface area contributed by atoms with Crippen LogP contribution in [-0.4, -0.2) is 15.2 Å². The van der Waals surface area contributed by atoms with Gasteiger partial charge >= 0.3 is 0 Å². The van der Waals surface area contributed by atoms with Crippen LogP contribution in [0.5, 0.6) is 11.6 Å². The number of halogens is 1. The minimum absolute atomic E-state index is 0. The highest BCUT2D eigenvalue weighted by Crippen LogP contribution is 2.16. The standard InChI is InChI=1S/C5H5NO3.ClH/c7-3-1-2-4(8)6-5(3)9;/h1-2,7H,(H2,6,8,9);1H. The molecular formula is C5H6ClNO3. The Hall–Kier alpha value is -1.16. The van der Waals surface area contributed by atoms with Gasteiger partial charge in [0.05, 0.1) is 0 Å².